The Balaban J connectivity index is 1.16. The fourth-order valence-corrected chi connectivity index (χ4v) is 7.98. The van der Waals surface area contributed by atoms with Crippen molar-refractivity contribution in [1.82, 2.24) is 10.6 Å². The normalized spacial score (nSPS) is 25.0. The van der Waals surface area contributed by atoms with Crippen LogP contribution in [0.3, 0.4) is 0 Å². The number of carbonyl (C=O) groups excluding carboxylic acids is 3. The largest absolute Gasteiger partial charge is 0.481 e. The first-order chi connectivity index (χ1) is 22.8. The van der Waals surface area contributed by atoms with Gasteiger partial charge in [0.15, 0.2) is 0 Å². The first-order valence-electron chi connectivity index (χ1n) is 17.1. The van der Waals surface area contributed by atoms with Gasteiger partial charge in [0.2, 0.25) is 5.91 Å². The summed E-state index contributed by atoms with van der Waals surface area (Å²) in [6.45, 7) is 11.1. The zero-order valence-electron chi connectivity index (χ0n) is 28.5. The van der Waals surface area contributed by atoms with Gasteiger partial charge in [0.05, 0.1) is 29.0 Å². The second-order valence-electron chi connectivity index (χ2n) is 14.9. The fraction of sp³-hybridized carbons (Fsp3) is 0.447. The van der Waals surface area contributed by atoms with E-state index in [0.29, 0.717) is 47.2 Å². The molecular weight excluding hydrogens is 603 g/mol. The molecule has 5 N–H and O–H groups in total. The summed E-state index contributed by atoms with van der Waals surface area (Å²) >= 11 is 0. The number of hydrogen-bond acceptors (Lipinski definition) is 6. The van der Waals surface area contributed by atoms with Crippen molar-refractivity contribution < 1.29 is 23.7 Å². The minimum absolute atomic E-state index is 0.000704. The summed E-state index contributed by atoms with van der Waals surface area (Å²) in [5.74, 6) is -0.133. The molecule has 4 fully saturated rings. The lowest BCUT2D eigenvalue weighted by Crippen LogP contribution is -2.65. The van der Waals surface area contributed by atoms with E-state index in [-0.39, 0.29) is 35.2 Å². The number of nitrogens with one attached hydrogen (secondary N) is 3. The van der Waals surface area contributed by atoms with Gasteiger partial charge >= 0.3 is 7.12 Å². The van der Waals surface area contributed by atoms with Crippen LogP contribution in [-0.2, 0) is 20.5 Å². The standard InChI is InChI=1S/C38H47BN4O5/c1-23(2)19-33(39-47-32-22-27-21-31(37(27,3)4)38(32,5)48-39)43-36(46)30(20-24-11-7-6-8-12-24)42-35(45)26-17-15-25(16-18-26)34(44)41-29-14-10-9-13-28(29)40/h6-18,23,27,30-33H,19-22,40H2,1-5H3,(H,41,44)(H,42,45)(H,43,46)/t27?,30-,31?,32?,33+,38+/m0/s1. The van der Waals surface area contributed by atoms with E-state index in [2.05, 4.69) is 50.6 Å². The third-order valence-electron chi connectivity index (χ3n) is 10.9. The van der Waals surface area contributed by atoms with E-state index < -0.39 is 24.7 Å². The van der Waals surface area contributed by atoms with Gasteiger partial charge in [0.1, 0.15) is 6.04 Å². The number of carbonyl (C=O) groups is 3. The van der Waals surface area contributed by atoms with Crippen molar-refractivity contribution in [3.63, 3.8) is 0 Å². The highest BCUT2D eigenvalue weighted by molar-refractivity contribution is 6.48. The van der Waals surface area contributed by atoms with Crippen LogP contribution in [0.15, 0.2) is 78.9 Å². The van der Waals surface area contributed by atoms with Crippen LogP contribution in [0.2, 0.25) is 0 Å². The minimum atomic E-state index is -0.857. The summed E-state index contributed by atoms with van der Waals surface area (Å²) in [5.41, 5.74) is 8.37. The molecule has 1 aliphatic heterocycles. The number of para-hydroxylation sites is 2. The first-order valence-corrected chi connectivity index (χ1v) is 17.1. The number of nitrogen functional groups attached to an aromatic ring is 1. The van der Waals surface area contributed by atoms with Gasteiger partial charge in [-0.3, -0.25) is 14.4 Å². The van der Waals surface area contributed by atoms with Crippen LogP contribution < -0.4 is 21.7 Å². The van der Waals surface area contributed by atoms with Gasteiger partial charge in [-0.15, -0.1) is 0 Å². The Morgan fingerprint density at radius 3 is 2.17 bits per heavy atom. The molecule has 2 bridgehead atoms. The molecular formula is C38H47BN4O5. The summed E-state index contributed by atoms with van der Waals surface area (Å²) in [4.78, 5) is 40.4. The SMILES string of the molecule is CC(C)C[C@@H](NC(=O)[C@H](Cc1ccccc1)NC(=O)c1ccc(C(=O)Nc2ccccc2N)cc1)B1OC2CC3CC(C3(C)C)[C@@]2(C)O1. The monoisotopic (exact) mass is 650 g/mol. The molecule has 3 unspecified atom stereocenters. The highest BCUT2D eigenvalue weighted by Crippen LogP contribution is 2.65. The Kier molecular flexibility index (Phi) is 9.42. The van der Waals surface area contributed by atoms with Crippen LogP contribution in [0.25, 0.3) is 0 Å². The zero-order valence-corrected chi connectivity index (χ0v) is 28.5. The van der Waals surface area contributed by atoms with Crippen molar-refractivity contribution in [2.75, 3.05) is 11.1 Å². The summed E-state index contributed by atoms with van der Waals surface area (Å²) < 4.78 is 13.3. The van der Waals surface area contributed by atoms with Gasteiger partial charge < -0.3 is 31.0 Å². The van der Waals surface area contributed by atoms with Crippen molar-refractivity contribution in [3.05, 3.63) is 95.6 Å². The van der Waals surface area contributed by atoms with E-state index in [1.807, 2.05) is 30.3 Å². The Morgan fingerprint density at radius 1 is 0.875 bits per heavy atom. The van der Waals surface area contributed by atoms with E-state index in [0.717, 1.165) is 18.4 Å². The number of anilines is 2. The second kappa shape index (κ2) is 13.4. The molecule has 3 aliphatic carbocycles. The van der Waals surface area contributed by atoms with Crippen LogP contribution in [0.1, 0.15) is 80.2 Å². The Labute approximate surface area is 283 Å². The van der Waals surface area contributed by atoms with Gasteiger partial charge in [0, 0.05) is 17.5 Å². The molecule has 0 radical (unpaired) electrons. The summed E-state index contributed by atoms with van der Waals surface area (Å²) in [5, 5.41) is 8.98. The third-order valence-corrected chi connectivity index (χ3v) is 10.9. The summed E-state index contributed by atoms with van der Waals surface area (Å²) in [6, 6.07) is 22.1. The maximum Gasteiger partial charge on any atom is 0.481 e. The topological polar surface area (TPSA) is 132 Å². The van der Waals surface area contributed by atoms with Gasteiger partial charge in [0.25, 0.3) is 11.8 Å². The third kappa shape index (κ3) is 6.73. The van der Waals surface area contributed by atoms with Crippen LogP contribution in [0.4, 0.5) is 11.4 Å². The van der Waals surface area contributed by atoms with Crippen LogP contribution in [0, 0.1) is 23.2 Å². The maximum atomic E-state index is 14.1. The van der Waals surface area contributed by atoms with Crippen molar-refractivity contribution in [2.45, 2.75) is 84.0 Å². The molecule has 3 aromatic rings. The zero-order chi connectivity index (χ0) is 34.2. The average molecular weight is 651 g/mol. The summed E-state index contributed by atoms with van der Waals surface area (Å²) in [6.07, 6.45) is 3.08. The fourth-order valence-electron chi connectivity index (χ4n) is 7.98. The number of hydrogen-bond donors (Lipinski definition) is 4. The van der Waals surface area contributed by atoms with Crippen LogP contribution in [0.5, 0.6) is 0 Å². The van der Waals surface area contributed by atoms with E-state index in [1.165, 1.54) is 0 Å². The van der Waals surface area contributed by atoms with E-state index in [4.69, 9.17) is 15.0 Å². The van der Waals surface area contributed by atoms with Crippen molar-refractivity contribution in [2.24, 2.45) is 23.2 Å². The molecule has 4 aliphatic rings. The highest BCUT2D eigenvalue weighted by atomic mass is 16.7. The molecule has 0 aromatic heterocycles. The number of amides is 3. The smallest absolute Gasteiger partial charge is 0.404 e. The molecule has 6 atom stereocenters. The van der Waals surface area contributed by atoms with Gasteiger partial charge in [-0.1, -0.05) is 70.2 Å². The lowest BCUT2D eigenvalue weighted by molar-refractivity contribution is -0.199. The molecule has 9 nitrogen and oxygen atoms in total. The maximum absolute atomic E-state index is 14.1. The molecule has 1 heterocycles. The van der Waals surface area contributed by atoms with Gasteiger partial charge in [-0.25, -0.2) is 0 Å². The Bertz CT molecular complexity index is 1650. The van der Waals surface area contributed by atoms with Gasteiger partial charge in [-0.2, -0.15) is 0 Å². The van der Waals surface area contributed by atoms with E-state index in [9.17, 15) is 14.4 Å². The molecule has 0 spiro atoms. The minimum Gasteiger partial charge on any atom is -0.404 e. The number of rotatable bonds is 11. The Hall–Kier alpha value is -4.15. The molecule has 10 heteroatoms. The number of nitrogens with two attached hydrogens (primary N) is 1. The predicted octanol–water partition coefficient (Wildman–Crippen LogP) is 5.66. The molecule has 48 heavy (non-hydrogen) atoms. The molecule has 3 aromatic carbocycles. The lowest BCUT2D eigenvalue weighted by Gasteiger charge is -2.64. The second-order valence-corrected chi connectivity index (χ2v) is 14.9. The van der Waals surface area contributed by atoms with Crippen molar-refractivity contribution in [3.8, 4) is 0 Å². The van der Waals surface area contributed by atoms with E-state index >= 15 is 0 Å². The van der Waals surface area contributed by atoms with Crippen molar-refractivity contribution in [1.29, 1.82) is 0 Å². The summed E-state index contributed by atoms with van der Waals surface area (Å²) in [7, 11) is -0.570. The van der Waals surface area contributed by atoms with Crippen LogP contribution >= 0.6 is 0 Å². The van der Waals surface area contributed by atoms with E-state index in [1.54, 1.807) is 48.5 Å². The quantitative estimate of drug-likeness (QED) is 0.157. The molecule has 1 saturated heterocycles. The number of benzene rings is 3. The first kappa shape index (κ1) is 33.7. The predicted molar refractivity (Wildman–Crippen MR) is 188 cm³/mol. The molecule has 7 rings (SSSR count). The molecule has 3 amide bonds. The molecule has 3 saturated carbocycles. The molecule has 252 valence electrons. The van der Waals surface area contributed by atoms with Crippen molar-refractivity contribution >= 4 is 36.2 Å². The Morgan fingerprint density at radius 2 is 1.52 bits per heavy atom. The van der Waals surface area contributed by atoms with Crippen LogP contribution in [-0.4, -0.2) is 48.5 Å². The van der Waals surface area contributed by atoms with Gasteiger partial charge in [-0.05, 0) is 91.3 Å². The highest BCUT2D eigenvalue weighted by Gasteiger charge is 2.68. The lowest BCUT2D eigenvalue weighted by atomic mass is 9.43. The average Bonchev–Trinajstić information content (AvgIpc) is 3.43.